The predicted octanol–water partition coefficient (Wildman–Crippen LogP) is 3.97. The van der Waals surface area contributed by atoms with E-state index in [1.165, 1.54) is 0 Å². The standard InChI is InChI=1S/C24H27Cl2N5O2/c25-18-14-19(16-20(15-18)33-13-10-29-8-11-32-12-9-29)30-4-6-31(7-5-30)23-17-27-28-24-21(23)2-1-3-22(24)26/h1-3,14-17H,4-13H2. The minimum atomic E-state index is 0.626. The molecule has 0 N–H and O–H groups in total. The van der Waals surface area contributed by atoms with E-state index in [-0.39, 0.29) is 0 Å². The van der Waals surface area contributed by atoms with Gasteiger partial charge in [-0.25, -0.2) is 0 Å². The summed E-state index contributed by atoms with van der Waals surface area (Å²) in [4.78, 5) is 7.05. The molecule has 7 nitrogen and oxygen atoms in total. The Morgan fingerprint density at radius 1 is 0.939 bits per heavy atom. The average molecular weight is 488 g/mol. The van der Waals surface area contributed by atoms with Gasteiger partial charge in [0.2, 0.25) is 0 Å². The Morgan fingerprint density at radius 2 is 1.73 bits per heavy atom. The van der Waals surface area contributed by atoms with Gasteiger partial charge >= 0.3 is 0 Å². The molecule has 2 aliphatic rings. The van der Waals surface area contributed by atoms with Gasteiger partial charge in [-0.05, 0) is 18.2 Å². The van der Waals surface area contributed by atoms with Crippen molar-refractivity contribution in [3.05, 3.63) is 52.6 Å². The van der Waals surface area contributed by atoms with Crippen molar-refractivity contribution in [1.82, 2.24) is 15.1 Å². The molecule has 3 aromatic rings. The zero-order chi connectivity index (χ0) is 22.6. The molecule has 0 bridgehead atoms. The number of piperazine rings is 1. The van der Waals surface area contributed by atoms with Crippen molar-refractivity contribution < 1.29 is 9.47 Å². The molecule has 5 rings (SSSR count). The molecular weight excluding hydrogens is 461 g/mol. The summed E-state index contributed by atoms with van der Waals surface area (Å²) in [5, 5.41) is 10.7. The van der Waals surface area contributed by atoms with Gasteiger partial charge in [-0.2, -0.15) is 5.10 Å². The molecule has 0 unspecified atom stereocenters. The number of rotatable bonds is 6. The predicted molar refractivity (Wildman–Crippen MR) is 133 cm³/mol. The van der Waals surface area contributed by atoms with Crippen LogP contribution in [0.2, 0.25) is 10.0 Å². The number of hydrogen-bond acceptors (Lipinski definition) is 7. The first-order chi connectivity index (χ1) is 16.2. The lowest BCUT2D eigenvalue weighted by molar-refractivity contribution is 0.0322. The summed E-state index contributed by atoms with van der Waals surface area (Å²) in [6.45, 7) is 8.53. The Labute approximate surface area is 203 Å². The molecule has 2 fully saturated rings. The maximum Gasteiger partial charge on any atom is 0.122 e. The number of ether oxygens (including phenoxy) is 2. The maximum absolute atomic E-state index is 6.43. The monoisotopic (exact) mass is 487 g/mol. The molecule has 174 valence electrons. The van der Waals surface area contributed by atoms with E-state index in [0.717, 1.165) is 87.1 Å². The van der Waals surface area contributed by atoms with Crippen LogP contribution in [0.25, 0.3) is 10.9 Å². The van der Waals surface area contributed by atoms with Crippen LogP contribution in [0, 0.1) is 0 Å². The molecule has 9 heteroatoms. The molecule has 0 radical (unpaired) electrons. The third-order valence-corrected chi connectivity index (χ3v) is 6.75. The van der Waals surface area contributed by atoms with E-state index in [0.29, 0.717) is 16.7 Å². The quantitative estimate of drug-likeness (QED) is 0.521. The Balaban J connectivity index is 1.22. The third-order valence-electron chi connectivity index (χ3n) is 6.22. The van der Waals surface area contributed by atoms with Crippen molar-refractivity contribution in [2.24, 2.45) is 0 Å². The van der Waals surface area contributed by atoms with Crippen LogP contribution in [0.15, 0.2) is 42.6 Å². The zero-order valence-corrected chi connectivity index (χ0v) is 19.9. The molecule has 2 saturated heterocycles. The van der Waals surface area contributed by atoms with Crippen molar-refractivity contribution in [1.29, 1.82) is 0 Å². The molecule has 0 amide bonds. The molecule has 0 spiro atoms. The largest absolute Gasteiger partial charge is 0.492 e. The van der Waals surface area contributed by atoms with Crippen molar-refractivity contribution in [2.75, 3.05) is 75.4 Å². The van der Waals surface area contributed by atoms with Gasteiger partial charge in [0.15, 0.2) is 0 Å². The molecule has 3 heterocycles. The number of halogens is 2. The first-order valence-corrected chi connectivity index (χ1v) is 12.1. The third kappa shape index (κ3) is 5.27. The van der Waals surface area contributed by atoms with E-state index in [9.17, 15) is 0 Å². The van der Waals surface area contributed by atoms with E-state index < -0.39 is 0 Å². The first-order valence-electron chi connectivity index (χ1n) is 11.3. The smallest absolute Gasteiger partial charge is 0.122 e. The van der Waals surface area contributed by atoms with Gasteiger partial charge < -0.3 is 19.3 Å². The highest BCUT2D eigenvalue weighted by atomic mass is 35.5. The fourth-order valence-corrected chi connectivity index (χ4v) is 4.85. The zero-order valence-electron chi connectivity index (χ0n) is 18.4. The molecule has 2 aromatic carbocycles. The van der Waals surface area contributed by atoms with Crippen LogP contribution in [0.1, 0.15) is 0 Å². The number of nitrogens with zero attached hydrogens (tertiary/aromatic N) is 5. The molecule has 0 atom stereocenters. The lowest BCUT2D eigenvalue weighted by Crippen LogP contribution is -2.46. The second-order valence-corrected chi connectivity index (χ2v) is 9.13. The van der Waals surface area contributed by atoms with Gasteiger partial charge in [-0.1, -0.05) is 35.3 Å². The minimum Gasteiger partial charge on any atom is -0.492 e. The summed E-state index contributed by atoms with van der Waals surface area (Å²) >= 11 is 12.7. The molecule has 0 saturated carbocycles. The summed E-state index contributed by atoms with van der Waals surface area (Å²) in [7, 11) is 0. The van der Waals surface area contributed by atoms with Crippen LogP contribution >= 0.6 is 23.2 Å². The van der Waals surface area contributed by atoms with E-state index in [2.05, 4.69) is 37.0 Å². The Hall–Kier alpha value is -2.32. The fourth-order valence-electron chi connectivity index (χ4n) is 4.42. The molecule has 1 aromatic heterocycles. The van der Waals surface area contributed by atoms with E-state index >= 15 is 0 Å². The second kappa shape index (κ2) is 10.3. The highest BCUT2D eigenvalue weighted by Crippen LogP contribution is 2.31. The lowest BCUT2D eigenvalue weighted by atomic mass is 10.1. The van der Waals surface area contributed by atoms with Crippen LogP contribution in [0.4, 0.5) is 11.4 Å². The Morgan fingerprint density at radius 3 is 2.55 bits per heavy atom. The summed E-state index contributed by atoms with van der Waals surface area (Å²) < 4.78 is 11.4. The van der Waals surface area contributed by atoms with Crippen LogP contribution in [-0.4, -0.2) is 80.7 Å². The van der Waals surface area contributed by atoms with Crippen LogP contribution in [-0.2, 0) is 4.74 Å². The van der Waals surface area contributed by atoms with Crippen LogP contribution in [0.3, 0.4) is 0 Å². The SMILES string of the molecule is Clc1cc(OCCN2CCOCC2)cc(N2CCN(c3cnnc4c(Cl)cccc34)CC2)c1. The average Bonchev–Trinajstić information content (AvgIpc) is 2.84. The summed E-state index contributed by atoms with van der Waals surface area (Å²) in [6.07, 6.45) is 1.83. The fraction of sp³-hybridized carbons (Fsp3) is 0.417. The number of morpholine rings is 1. The minimum absolute atomic E-state index is 0.626. The van der Waals surface area contributed by atoms with Crippen LogP contribution in [0.5, 0.6) is 5.75 Å². The second-order valence-electron chi connectivity index (χ2n) is 8.29. The van der Waals surface area contributed by atoms with E-state index in [1.807, 2.05) is 30.5 Å². The highest BCUT2D eigenvalue weighted by Gasteiger charge is 2.21. The van der Waals surface area contributed by atoms with E-state index in [4.69, 9.17) is 32.7 Å². The maximum atomic E-state index is 6.43. The normalized spacial score (nSPS) is 17.5. The Kier molecular flexibility index (Phi) is 7.02. The lowest BCUT2D eigenvalue weighted by Gasteiger charge is -2.37. The Bertz CT molecular complexity index is 1100. The highest BCUT2D eigenvalue weighted by molar-refractivity contribution is 6.35. The van der Waals surface area contributed by atoms with Gasteiger partial charge in [0, 0.05) is 68.0 Å². The van der Waals surface area contributed by atoms with Gasteiger partial charge in [0.1, 0.15) is 17.9 Å². The molecule has 0 aliphatic carbocycles. The summed E-state index contributed by atoms with van der Waals surface area (Å²) in [6, 6.07) is 11.8. The van der Waals surface area contributed by atoms with Gasteiger partial charge in [0.25, 0.3) is 0 Å². The number of anilines is 2. The first kappa shape index (κ1) is 22.5. The van der Waals surface area contributed by atoms with Crippen LogP contribution < -0.4 is 14.5 Å². The summed E-state index contributed by atoms with van der Waals surface area (Å²) in [5.41, 5.74) is 2.90. The topological polar surface area (TPSA) is 54.0 Å². The van der Waals surface area contributed by atoms with Gasteiger partial charge in [0.05, 0.1) is 30.1 Å². The number of aromatic nitrogens is 2. The number of fused-ring (bicyclic) bond motifs is 1. The number of hydrogen-bond donors (Lipinski definition) is 0. The summed E-state index contributed by atoms with van der Waals surface area (Å²) in [5.74, 6) is 0.812. The molecule has 2 aliphatic heterocycles. The van der Waals surface area contributed by atoms with Crippen molar-refractivity contribution in [2.45, 2.75) is 0 Å². The molecular formula is C24H27Cl2N5O2. The van der Waals surface area contributed by atoms with Crippen molar-refractivity contribution in [3.8, 4) is 5.75 Å². The number of benzene rings is 2. The van der Waals surface area contributed by atoms with Crippen molar-refractivity contribution in [3.63, 3.8) is 0 Å². The van der Waals surface area contributed by atoms with Crippen molar-refractivity contribution >= 4 is 45.5 Å². The van der Waals surface area contributed by atoms with E-state index in [1.54, 1.807) is 0 Å². The van der Waals surface area contributed by atoms with Gasteiger partial charge in [-0.3, -0.25) is 4.90 Å². The molecule has 33 heavy (non-hydrogen) atoms. The van der Waals surface area contributed by atoms with Gasteiger partial charge in [-0.15, -0.1) is 5.10 Å².